The number of ether oxygens (including phenoxy) is 1. The highest BCUT2D eigenvalue weighted by Gasteiger charge is 2.30. The Bertz CT molecular complexity index is 638. The Morgan fingerprint density at radius 2 is 1.50 bits per heavy atom. The van der Waals surface area contributed by atoms with Gasteiger partial charge in [-0.1, -0.05) is 51.2 Å². The van der Waals surface area contributed by atoms with Crippen LogP contribution in [0.15, 0.2) is 24.5 Å². The molecule has 0 radical (unpaired) electrons. The first kappa shape index (κ1) is 21.3. The van der Waals surface area contributed by atoms with Gasteiger partial charge in [-0.3, -0.25) is 0 Å². The van der Waals surface area contributed by atoms with Crippen molar-refractivity contribution in [3.63, 3.8) is 0 Å². The van der Waals surface area contributed by atoms with Crippen molar-refractivity contribution in [2.24, 2.45) is 23.7 Å². The Morgan fingerprint density at radius 3 is 2.07 bits per heavy atom. The van der Waals surface area contributed by atoms with E-state index in [9.17, 15) is 8.78 Å². The van der Waals surface area contributed by atoms with E-state index in [0.29, 0.717) is 17.9 Å². The average molecular weight is 391 g/mol. The van der Waals surface area contributed by atoms with Crippen molar-refractivity contribution in [3.05, 3.63) is 41.7 Å². The highest BCUT2D eigenvalue weighted by Crippen LogP contribution is 2.42. The second-order valence-corrected chi connectivity index (χ2v) is 8.95. The maximum Gasteiger partial charge on any atom is 0.201 e. The molecule has 1 aromatic carbocycles. The molecule has 2 saturated carbocycles. The maximum atomic E-state index is 14.3. The van der Waals surface area contributed by atoms with Gasteiger partial charge in [0.05, 0.1) is 6.26 Å². The fourth-order valence-corrected chi connectivity index (χ4v) is 5.37. The summed E-state index contributed by atoms with van der Waals surface area (Å²) in [6.07, 6.45) is 16.8. The molecule has 0 bridgehead atoms. The Kier molecular flexibility index (Phi) is 7.93. The summed E-state index contributed by atoms with van der Waals surface area (Å²) in [7, 11) is 0. The molecule has 1 aromatic rings. The minimum atomic E-state index is -0.873. The highest BCUT2D eigenvalue weighted by atomic mass is 19.2. The Morgan fingerprint density at radius 1 is 0.893 bits per heavy atom. The number of allylic oxidation sites excluding steroid dienone is 1. The van der Waals surface area contributed by atoms with E-state index >= 15 is 0 Å². The molecule has 0 saturated heterocycles. The van der Waals surface area contributed by atoms with Crippen LogP contribution in [-0.4, -0.2) is 0 Å². The molecule has 0 unspecified atom stereocenters. The fourth-order valence-electron chi connectivity index (χ4n) is 5.37. The zero-order chi connectivity index (χ0) is 19.9. The molecule has 0 spiro atoms. The molecule has 0 atom stereocenters. The van der Waals surface area contributed by atoms with E-state index in [4.69, 9.17) is 4.74 Å². The molecule has 0 aromatic heterocycles. The van der Waals surface area contributed by atoms with E-state index in [1.807, 2.05) is 0 Å². The van der Waals surface area contributed by atoms with Crippen molar-refractivity contribution in [2.75, 3.05) is 0 Å². The van der Waals surface area contributed by atoms with E-state index < -0.39 is 11.6 Å². The number of aryl methyl sites for hydroxylation is 1. The molecule has 0 N–H and O–H groups in total. The summed E-state index contributed by atoms with van der Waals surface area (Å²) in [5.74, 6) is 1.82. The van der Waals surface area contributed by atoms with Gasteiger partial charge in [-0.2, -0.15) is 4.39 Å². The molecule has 0 amide bonds. The van der Waals surface area contributed by atoms with Gasteiger partial charge in [-0.25, -0.2) is 4.39 Å². The van der Waals surface area contributed by atoms with Crippen molar-refractivity contribution in [3.8, 4) is 5.75 Å². The van der Waals surface area contributed by atoms with E-state index in [-0.39, 0.29) is 5.75 Å². The minimum Gasteiger partial charge on any atom is -0.462 e. The van der Waals surface area contributed by atoms with Crippen LogP contribution in [0.1, 0.15) is 83.6 Å². The number of benzene rings is 1. The van der Waals surface area contributed by atoms with Gasteiger partial charge >= 0.3 is 0 Å². The van der Waals surface area contributed by atoms with E-state index in [1.54, 1.807) is 19.1 Å². The van der Waals surface area contributed by atoms with Crippen molar-refractivity contribution >= 4 is 0 Å². The topological polar surface area (TPSA) is 9.23 Å². The summed E-state index contributed by atoms with van der Waals surface area (Å²) < 4.78 is 33.6. The van der Waals surface area contributed by atoms with Gasteiger partial charge in [0.1, 0.15) is 0 Å². The first-order valence-electron chi connectivity index (χ1n) is 11.4. The SMILES string of the molecule is CC=COc1ccc(CCC2CCC(C3CCC(CC)CC3)CC2)c(F)c1F. The second kappa shape index (κ2) is 10.4. The van der Waals surface area contributed by atoms with E-state index in [0.717, 1.165) is 24.2 Å². The number of hydrogen-bond donors (Lipinski definition) is 0. The van der Waals surface area contributed by atoms with Gasteiger partial charge in [0.25, 0.3) is 0 Å². The second-order valence-electron chi connectivity index (χ2n) is 8.95. The van der Waals surface area contributed by atoms with Crippen molar-refractivity contribution in [1.82, 2.24) is 0 Å². The Labute approximate surface area is 169 Å². The Balaban J connectivity index is 1.45. The van der Waals surface area contributed by atoms with Crippen molar-refractivity contribution in [1.29, 1.82) is 0 Å². The highest BCUT2D eigenvalue weighted by molar-refractivity contribution is 5.31. The smallest absolute Gasteiger partial charge is 0.201 e. The summed E-state index contributed by atoms with van der Waals surface area (Å²) in [5.41, 5.74) is 0.477. The van der Waals surface area contributed by atoms with Gasteiger partial charge in [0.15, 0.2) is 11.6 Å². The standard InChI is InChI=1S/C25H36F2O/c1-3-17-28-23-16-15-22(24(26)25(23)27)14-9-19-7-12-21(13-8-19)20-10-5-18(4-2)6-11-20/h3,15-21H,4-14H2,1-2H3. The molecule has 156 valence electrons. The Hall–Kier alpha value is -1.38. The zero-order valence-electron chi connectivity index (χ0n) is 17.6. The maximum absolute atomic E-state index is 14.3. The van der Waals surface area contributed by atoms with Gasteiger partial charge in [0, 0.05) is 0 Å². The van der Waals surface area contributed by atoms with Crippen LogP contribution in [0.5, 0.6) is 5.75 Å². The molecule has 3 rings (SSSR count). The summed E-state index contributed by atoms with van der Waals surface area (Å²) >= 11 is 0. The van der Waals surface area contributed by atoms with Crippen LogP contribution in [0.4, 0.5) is 8.78 Å². The van der Waals surface area contributed by atoms with Crippen LogP contribution in [0.2, 0.25) is 0 Å². The molecule has 0 aliphatic heterocycles. The van der Waals surface area contributed by atoms with Crippen molar-refractivity contribution < 1.29 is 13.5 Å². The van der Waals surface area contributed by atoms with Crippen LogP contribution in [0.3, 0.4) is 0 Å². The summed E-state index contributed by atoms with van der Waals surface area (Å²) in [5, 5.41) is 0. The molecule has 2 fully saturated rings. The molecule has 2 aliphatic carbocycles. The zero-order valence-corrected chi connectivity index (χ0v) is 17.6. The molecule has 3 heteroatoms. The lowest BCUT2D eigenvalue weighted by molar-refractivity contribution is 0.142. The summed E-state index contributed by atoms with van der Waals surface area (Å²) in [6.45, 7) is 4.10. The lowest BCUT2D eigenvalue weighted by Gasteiger charge is -2.37. The first-order valence-corrected chi connectivity index (χ1v) is 11.4. The van der Waals surface area contributed by atoms with E-state index in [2.05, 4.69) is 6.92 Å². The number of halogens is 2. The molecule has 1 nitrogen and oxygen atoms in total. The lowest BCUT2D eigenvalue weighted by atomic mass is 9.68. The molecular formula is C25H36F2O. The number of rotatable bonds is 7. The van der Waals surface area contributed by atoms with Gasteiger partial charge < -0.3 is 4.74 Å². The van der Waals surface area contributed by atoms with Gasteiger partial charge in [-0.05, 0) is 80.8 Å². The monoisotopic (exact) mass is 390 g/mol. The van der Waals surface area contributed by atoms with Crippen LogP contribution in [-0.2, 0) is 6.42 Å². The largest absolute Gasteiger partial charge is 0.462 e. The van der Waals surface area contributed by atoms with Gasteiger partial charge in [-0.15, -0.1) is 0 Å². The summed E-state index contributed by atoms with van der Waals surface area (Å²) in [6, 6.07) is 3.21. The van der Waals surface area contributed by atoms with Crippen LogP contribution in [0.25, 0.3) is 0 Å². The van der Waals surface area contributed by atoms with Crippen LogP contribution >= 0.6 is 0 Å². The predicted octanol–water partition coefficient (Wildman–Crippen LogP) is 7.83. The first-order chi connectivity index (χ1) is 13.6. The van der Waals surface area contributed by atoms with E-state index in [1.165, 1.54) is 70.1 Å². The van der Waals surface area contributed by atoms with Crippen LogP contribution < -0.4 is 4.74 Å². The lowest BCUT2D eigenvalue weighted by Crippen LogP contribution is -2.25. The third-order valence-corrected chi connectivity index (χ3v) is 7.31. The molecule has 2 aliphatic rings. The quantitative estimate of drug-likeness (QED) is 0.431. The molecular weight excluding hydrogens is 354 g/mol. The normalized spacial score (nSPS) is 28.6. The van der Waals surface area contributed by atoms with Crippen molar-refractivity contribution in [2.45, 2.75) is 84.5 Å². The predicted molar refractivity (Wildman–Crippen MR) is 111 cm³/mol. The molecule has 0 heterocycles. The fraction of sp³-hybridized carbons (Fsp3) is 0.680. The number of hydrogen-bond acceptors (Lipinski definition) is 1. The minimum absolute atomic E-state index is 0.0438. The summed E-state index contributed by atoms with van der Waals surface area (Å²) in [4.78, 5) is 0. The third kappa shape index (κ3) is 5.36. The van der Waals surface area contributed by atoms with Crippen LogP contribution in [0, 0.1) is 35.3 Å². The average Bonchev–Trinajstić information content (AvgIpc) is 2.74. The molecule has 28 heavy (non-hydrogen) atoms. The third-order valence-electron chi connectivity index (χ3n) is 7.31. The van der Waals surface area contributed by atoms with Gasteiger partial charge in [0.2, 0.25) is 5.82 Å².